The van der Waals surface area contributed by atoms with Gasteiger partial charge in [0.25, 0.3) is 0 Å². The Morgan fingerprint density at radius 2 is 1.79 bits per heavy atom. The van der Waals surface area contributed by atoms with Crippen molar-refractivity contribution in [2.75, 3.05) is 7.11 Å². The van der Waals surface area contributed by atoms with Crippen LogP contribution in [-0.4, -0.2) is 17.8 Å². The largest absolute Gasteiger partial charge is 0.497 e. The molecule has 3 aromatic rings. The first-order chi connectivity index (χ1) is 14.1. The van der Waals surface area contributed by atoms with Crippen LogP contribution in [0.5, 0.6) is 11.5 Å². The van der Waals surface area contributed by atoms with Crippen molar-refractivity contribution in [3.63, 3.8) is 0 Å². The maximum absolute atomic E-state index is 6.47. The van der Waals surface area contributed by atoms with Gasteiger partial charge in [0, 0.05) is 22.0 Å². The summed E-state index contributed by atoms with van der Waals surface area (Å²) in [5.74, 6) is 1.73. The maximum atomic E-state index is 6.47. The first kappa shape index (κ1) is 18.7. The fraction of sp³-hybridized carbons (Fsp3) is 0.174. The van der Waals surface area contributed by atoms with E-state index in [4.69, 9.17) is 14.6 Å². The summed E-state index contributed by atoms with van der Waals surface area (Å²) in [6.45, 7) is 0. The van der Waals surface area contributed by atoms with Crippen LogP contribution in [0.1, 0.15) is 35.4 Å². The molecule has 0 saturated carbocycles. The van der Waals surface area contributed by atoms with E-state index in [2.05, 4.69) is 67.2 Å². The van der Waals surface area contributed by atoms with Crippen LogP contribution in [0.15, 0.2) is 80.8 Å². The minimum absolute atomic E-state index is 0.106. The highest BCUT2D eigenvalue weighted by atomic mass is 79.9. The molecule has 146 valence electrons. The summed E-state index contributed by atoms with van der Waals surface area (Å²) in [4.78, 5) is 0. The van der Waals surface area contributed by atoms with E-state index in [1.807, 2.05) is 36.4 Å². The second kappa shape index (κ2) is 7.50. The number of methoxy groups -OCH3 is 1. The SMILES string of the molecule is COc1ccc(C2=NN3C(C2)c2cc(Br)cc(Br)c2OC3c2ccccc2)cc1. The van der Waals surface area contributed by atoms with Crippen LogP contribution >= 0.6 is 31.9 Å². The number of fused-ring (bicyclic) bond motifs is 3. The van der Waals surface area contributed by atoms with E-state index in [0.29, 0.717) is 0 Å². The van der Waals surface area contributed by atoms with E-state index in [0.717, 1.165) is 49.3 Å². The molecule has 4 nitrogen and oxygen atoms in total. The average Bonchev–Trinajstić information content (AvgIpc) is 3.20. The summed E-state index contributed by atoms with van der Waals surface area (Å²) < 4.78 is 13.7. The molecule has 0 bridgehead atoms. The van der Waals surface area contributed by atoms with E-state index in [9.17, 15) is 0 Å². The third kappa shape index (κ3) is 3.34. The van der Waals surface area contributed by atoms with Gasteiger partial charge in [-0.1, -0.05) is 46.3 Å². The highest BCUT2D eigenvalue weighted by molar-refractivity contribution is 9.11. The normalized spacial score (nSPS) is 19.8. The van der Waals surface area contributed by atoms with Gasteiger partial charge in [-0.05, 0) is 57.9 Å². The van der Waals surface area contributed by atoms with Gasteiger partial charge in [-0.15, -0.1) is 0 Å². The molecule has 0 aromatic heterocycles. The van der Waals surface area contributed by atoms with Crippen molar-refractivity contribution in [3.05, 3.63) is 92.4 Å². The number of benzene rings is 3. The van der Waals surface area contributed by atoms with Crippen LogP contribution in [0.4, 0.5) is 0 Å². The van der Waals surface area contributed by atoms with Crippen LogP contribution in [0, 0.1) is 0 Å². The number of ether oxygens (including phenoxy) is 2. The lowest BCUT2D eigenvalue weighted by molar-refractivity contribution is -0.0197. The van der Waals surface area contributed by atoms with Crippen LogP contribution in [-0.2, 0) is 0 Å². The topological polar surface area (TPSA) is 34.1 Å². The summed E-state index contributed by atoms with van der Waals surface area (Å²) in [5.41, 5.74) is 4.36. The van der Waals surface area contributed by atoms with Gasteiger partial charge in [-0.25, -0.2) is 5.01 Å². The second-order valence-electron chi connectivity index (χ2n) is 7.06. The van der Waals surface area contributed by atoms with E-state index in [1.54, 1.807) is 7.11 Å². The Morgan fingerprint density at radius 1 is 1.03 bits per heavy atom. The Labute approximate surface area is 186 Å². The number of hydrogen-bond acceptors (Lipinski definition) is 4. The molecule has 0 fully saturated rings. The van der Waals surface area contributed by atoms with Crippen molar-refractivity contribution in [3.8, 4) is 11.5 Å². The molecule has 6 heteroatoms. The van der Waals surface area contributed by atoms with Crippen molar-refractivity contribution in [1.29, 1.82) is 0 Å². The Kier molecular flexibility index (Phi) is 4.84. The molecule has 2 aliphatic rings. The van der Waals surface area contributed by atoms with E-state index >= 15 is 0 Å². The van der Waals surface area contributed by atoms with E-state index in [1.165, 1.54) is 0 Å². The zero-order chi connectivity index (χ0) is 20.0. The molecular weight excluding hydrogens is 496 g/mol. The predicted molar refractivity (Wildman–Crippen MR) is 120 cm³/mol. The van der Waals surface area contributed by atoms with Gasteiger partial charge in [-0.2, -0.15) is 5.10 Å². The van der Waals surface area contributed by atoms with Gasteiger partial charge < -0.3 is 9.47 Å². The average molecular weight is 514 g/mol. The molecule has 0 saturated heterocycles. The standard InChI is InChI=1S/C23H18Br2N2O2/c1-28-17-9-7-14(8-10-17)20-13-21-18-11-16(24)12-19(25)22(18)29-23(27(21)26-20)15-5-3-2-4-6-15/h2-12,21,23H,13H2,1H3. The van der Waals surface area contributed by atoms with Crippen LogP contribution in [0.3, 0.4) is 0 Å². The number of nitrogens with zero attached hydrogens (tertiary/aromatic N) is 2. The van der Waals surface area contributed by atoms with Gasteiger partial charge in [0.2, 0.25) is 6.23 Å². The molecule has 2 heterocycles. The van der Waals surface area contributed by atoms with Crippen LogP contribution in [0.2, 0.25) is 0 Å². The molecule has 0 radical (unpaired) electrons. The summed E-state index contributed by atoms with van der Waals surface area (Å²) in [5, 5.41) is 7.10. The van der Waals surface area contributed by atoms with Crippen molar-refractivity contribution >= 4 is 37.6 Å². The quantitative estimate of drug-likeness (QED) is 0.403. The Hall–Kier alpha value is -2.31. The molecule has 5 rings (SSSR count). The lowest BCUT2D eigenvalue weighted by Crippen LogP contribution is -2.33. The van der Waals surface area contributed by atoms with Crippen LogP contribution < -0.4 is 9.47 Å². The zero-order valence-corrected chi connectivity index (χ0v) is 18.9. The third-order valence-corrected chi connectivity index (χ3v) is 6.36. The first-order valence-electron chi connectivity index (χ1n) is 9.35. The highest BCUT2D eigenvalue weighted by Crippen LogP contribution is 2.50. The van der Waals surface area contributed by atoms with E-state index in [-0.39, 0.29) is 12.3 Å². The van der Waals surface area contributed by atoms with Gasteiger partial charge in [0.15, 0.2) is 0 Å². The fourth-order valence-electron chi connectivity index (χ4n) is 3.91. The molecule has 0 spiro atoms. The lowest BCUT2D eigenvalue weighted by atomic mass is 9.96. The minimum atomic E-state index is -0.276. The van der Waals surface area contributed by atoms with Gasteiger partial charge >= 0.3 is 0 Å². The number of rotatable bonds is 3. The van der Waals surface area contributed by atoms with Crippen molar-refractivity contribution < 1.29 is 9.47 Å². The van der Waals surface area contributed by atoms with Gasteiger partial charge in [0.1, 0.15) is 11.5 Å². The molecule has 2 atom stereocenters. The number of hydrazone groups is 1. The fourth-order valence-corrected chi connectivity index (χ4v) is 5.26. The van der Waals surface area contributed by atoms with Crippen molar-refractivity contribution in [2.45, 2.75) is 18.7 Å². The monoisotopic (exact) mass is 512 g/mol. The van der Waals surface area contributed by atoms with E-state index < -0.39 is 0 Å². The van der Waals surface area contributed by atoms with Crippen LogP contribution in [0.25, 0.3) is 0 Å². The molecule has 0 amide bonds. The zero-order valence-electron chi connectivity index (χ0n) is 15.7. The number of hydrogen-bond donors (Lipinski definition) is 0. The lowest BCUT2D eigenvalue weighted by Gasteiger charge is -2.38. The molecule has 3 aromatic carbocycles. The molecule has 0 aliphatic carbocycles. The molecule has 2 aliphatic heterocycles. The minimum Gasteiger partial charge on any atom is -0.497 e. The Balaban J connectivity index is 1.60. The summed E-state index contributed by atoms with van der Waals surface area (Å²) in [6.07, 6.45) is 0.538. The Bertz CT molecular complexity index is 1080. The van der Waals surface area contributed by atoms with Gasteiger partial charge in [0.05, 0.1) is 23.3 Å². The van der Waals surface area contributed by atoms with Gasteiger partial charge in [-0.3, -0.25) is 0 Å². The molecular formula is C23H18Br2N2O2. The summed E-state index contributed by atoms with van der Waals surface area (Å²) in [6, 6.07) is 22.6. The summed E-state index contributed by atoms with van der Waals surface area (Å²) >= 11 is 7.30. The number of halogens is 2. The van der Waals surface area contributed by atoms with Crippen molar-refractivity contribution in [1.82, 2.24) is 5.01 Å². The highest BCUT2D eigenvalue weighted by Gasteiger charge is 2.41. The molecule has 0 N–H and O–H groups in total. The second-order valence-corrected chi connectivity index (χ2v) is 8.83. The third-order valence-electron chi connectivity index (χ3n) is 5.32. The van der Waals surface area contributed by atoms with Crippen molar-refractivity contribution in [2.24, 2.45) is 5.10 Å². The smallest absolute Gasteiger partial charge is 0.213 e. The summed E-state index contributed by atoms with van der Waals surface area (Å²) in [7, 11) is 1.68. The molecule has 2 unspecified atom stereocenters. The first-order valence-corrected chi connectivity index (χ1v) is 10.9. The maximum Gasteiger partial charge on any atom is 0.213 e. The molecule has 29 heavy (non-hydrogen) atoms. The predicted octanol–water partition coefficient (Wildman–Crippen LogP) is 6.46. The Morgan fingerprint density at radius 3 is 2.52 bits per heavy atom.